The van der Waals surface area contributed by atoms with Crippen LogP contribution < -0.4 is 0 Å². The van der Waals surface area contributed by atoms with Gasteiger partial charge in [-0.05, 0) is 31.1 Å². The molecule has 1 heterocycles. The Bertz CT molecular complexity index is 297. The normalized spacial score (nSPS) is 24.0. The summed E-state index contributed by atoms with van der Waals surface area (Å²) in [5, 5.41) is 8.91. The molecule has 0 radical (unpaired) electrons. The molecule has 0 aromatic rings. The zero-order valence-corrected chi connectivity index (χ0v) is 9.57. The van der Waals surface area contributed by atoms with E-state index in [2.05, 4.69) is 0 Å². The minimum atomic E-state index is -0.732. The minimum Gasteiger partial charge on any atom is -0.481 e. The summed E-state index contributed by atoms with van der Waals surface area (Å²) < 4.78 is 0. The number of amides is 1. The summed E-state index contributed by atoms with van der Waals surface area (Å²) in [6.45, 7) is 1.48. The van der Waals surface area contributed by atoms with Gasteiger partial charge in [0.1, 0.15) is 0 Å². The van der Waals surface area contributed by atoms with Gasteiger partial charge in [0, 0.05) is 19.5 Å². The van der Waals surface area contributed by atoms with Crippen LogP contribution in [0.5, 0.6) is 0 Å². The molecule has 0 aromatic carbocycles. The second-order valence-corrected chi connectivity index (χ2v) is 5.20. The molecule has 1 amide bonds. The molecule has 1 saturated heterocycles. The molecule has 0 atom stereocenters. The monoisotopic (exact) mass is 225 g/mol. The van der Waals surface area contributed by atoms with Crippen molar-refractivity contribution in [1.29, 1.82) is 0 Å². The van der Waals surface area contributed by atoms with Crippen LogP contribution in [-0.4, -0.2) is 35.0 Å². The summed E-state index contributed by atoms with van der Waals surface area (Å²) in [6, 6.07) is 0. The number of carbonyl (C=O) groups is 2. The summed E-state index contributed by atoms with van der Waals surface area (Å²) >= 11 is 0. The van der Waals surface area contributed by atoms with Crippen LogP contribution >= 0.6 is 0 Å². The third-order valence-electron chi connectivity index (χ3n) is 3.89. The molecule has 0 unspecified atom stereocenters. The summed E-state index contributed by atoms with van der Waals surface area (Å²) in [4.78, 5) is 24.4. The molecule has 2 aliphatic rings. The fourth-order valence-corrected chi connectivity index (χ4v) is 2.82. The molecule has 1 aliphatic heterocycles. The second kappa shape index (κ2) is 4.44. The largest absolute Gasteiger partial charge is 0.481 e. The molecule has 1 aliphatic carbocycles. The fraction of sp³-hybridized carbons (Fsp3) is 0.833. The van der Waals surface area contributed by atoms with Crippen LogP contribution in [0.25, 0.3) is 0 Å². The van der Waals surface area contributed by atoms with Gasteiger partial charge in [0.15, 0.2) is 0 Å². The predicted octanol–water partition coefficient (Wildman–Crippen LogP) is 1.64. The van der Waals surface area contributed by atoms with E-state index in [1.165, 1.54) is 0 Å². The Morgan fingerprint density at radius 3 is 2.56 bits per heavy atom. The van der Waals surface area contributed by atoms with Gasteiger partial charge in [-0.25, -0.2) is 0 Å². The fourth-order valence-electron chi connectivity index (χ4n) is 2.82. The average Bonchev–Trinajstić information content (AvgIpc) is 2.17. The Morgan fingerprint density at radius 1 is 1.31 bits per heavy atom. The Kier molecular flexibility index (Phi) is 3.17. The highest BCUT2D eigenvalue weighted by molar-refractivity contribution is 5.77. The molecule has 4 nitrogen and oxygen atoms in total. The standard InChI is InChI=1S/C12H19NO3/c14-10-4-1-2-7-13(10)9-12(5-3-6-12)8-11(15)16/h1-9H2,(H,15,16). The number of carbonyl (C=O) groups excluding carboxylic acids is 1. The topological polar surface area (TPSA) is 57.6 Å². The lowest BCUT2D eigenvalue weighted by Gasteiger charge is -2.45. The van der Waals surface area contributed by atoms with E-state index >= 15 is 0 Å². The van der Waals surface area contributed by atoms with Crippen molar-refractivity contribution >= 4 is 11.9 Å². The molecule has 2 fully saturated rings. The van der Waals surface area contributed by atoms with Gasteiger partial charge in [0.25, 0.3) is 0 Å². The van der Waals surface area contributed by atoms with Crippen molar-refractivity contribution in [3.63, 3.8) is 0 Å². The van der Waals surface area contributed by atoms with Crippen molar-refractivity contribution in [2.45, 2.75) is 44.9 Å². The van der Waals surface area contributed by atoms with Crippen LogP contribution in [-0.2, 0) is 9.59 Å². The molecular weight excluding hydrogens is 206 g/mol. The van der Waals surface area contributed by atoms with Crippen LogP contribution in [0.4, 0.5) is 0 Å². The number of likely N-dealkylation sites (tertiary alicyclic amines) is 1. The predicted molar refractivity (Wildman–Crippen MR) is 59.0 cm³/mol. The average molecular weight is 225 g/mol. The number of rotatable bonds is 4. The molecule has 1 N–H and O–H groups in total. The highest BCUT2D eigenvalue weighted by Crippen LogP contribution is 2.44. The van der Waals surface area contributed by atoms with Gasteiger partial charge in [-0.3, -0.25) is 9.59 Å². The van der Waals surface area contributed by atoms with E-state index in [1.807, 2.05) is 4.90 Å². The van der Waals surface area contributed by atoms with Crippen molar-refractivity contribution in [3.05, 3.63) is 0 Å². The van der Waals surface area contributed by atoms with Crippen molar-refractivity contribution in [1.82, 2.24) is 4.90 Å². The summed E-state index contributed by atoms with van der Waals surface area (Å²) in [6.07, 6.45) is 5.94. The van der Waals surface area contributed by atoms with E-state index in [9.17, 15) is 9.59 Å². The Morgan fingerprint density at radius 2 is 2.06 bits per heavy atom. The molecule has 90 valence electrons. The number of piperidine rings is 1. The molecule has 0 spiro atoms. The molecule has 1 saturated carbocycles. The van der Waals surface area contributed by atoms with E-state index < -0.39 is 5.97 Å². The van der Waals surface area contributed by atoms with Gasteiger partial charge in [-0.1, -0.05) is 6.42 Å². The van der Waals surface area contributed by atoms with E-state index in [-0.39, 0.29) is 17.7 Å². The Labute approximate surface area is 95.6 Å². The lowest BCUT2D eigenvalue weighted by molar-refractivity contribution is -0.145. The van der Waals surface area contributed by atoms with Gasteiger partial charge in [0.05, 0.1) is 6.42 Å². The lowest BCUT2D eigenvalue weighted by Crippen LogP contribution is -2.47. The van der Waals surface area contributed by atoms with Gasteiger partial charge in [-0.2, -0.15) is 0 Å². The number of carboxylic acids is 1. The Balaban J connectivity index is 1.95. The van der Waals surface area contributed by atoms with E-state index in [0.717, 1.165) is 38.6 Å². The van der Waals surface area contributed by atoms with E-state index in [1.54, 1.807) is 0 Å². The molecule has 0 bridgehead atoms. The Hall–Kier alpha value is -1.06. The number of hydrogen-bond donors (Lipinski definition) is 1. The number of nitrogens with zero attached hydrogens (tertiary/aromatic N) is 1. The molecule has 0 aromatic heterocycles. The molecule has 4 heteroatoms. The van der Waals surface area contributed by atoms with Crippen LogP contribution in [0.15, 0.2) is 0 Å². The van der Waals surface area contributed by atoms with E-state index in [0.29, 0.717) is 13.0 Å². The SMILES string of the molecule is O=C(O)CC1(CN2CCCCC2=O)CCC1. The maximum absolute atomic E-state index is 11.7. The van der Waals surface area contributed by atoms with Crippen molar-refractivity contribution < 1.29 is 14.7 Å². The van der Waals surface area contributed by atoms with Gasteiger partial charge < -0.3 is 10.0 Å². The lowest BCUT2D eigenvalue weighted by atomic mass is 9.66. The number of hydrogen-bond acceptors (Lipinski definition) is 2. The summed E-state index contributed by atoms with van der Waals surface area (Å²) in [5.74, 6) is -0.521. The third kappa shape index (κ3) is 2.36. The first kappa shape index (κ1) is 11.4. The minimum absolute atomic E-state index is 0.112. The van der Waals surface area contributed by atoms with Gasteiger partial charge in [-0.15, -0.1) is 0 Å². The first-order valence-corrected chi connectivity index (χ1v) is 6.11. The number of carboxylic acid groups (broad SMARTS) is 1. The van der Waals surface area contributed by atoms with Crippen LogP contribution in [0.3, 0.4) is 0 Å². The van der Waals surface area contributed by atoms with Crippen molar-refractivity contribution in [2.75, 3.05) is 13.1 Å². The van der Waals surface area contributed by atoms with Crippen LogP contribution in [0, 0.1) is 5.41 Å². The maximum atomic E-state index is 11.7. The summed E-state index contributed by atoms with van der Waals surface area (Å²) in [7, 11) is 0. The highest BCUT2D eigenvalue weighted by atomic mass is 16.4. The van der Waals surface area contributed by atoms with Crippen molar-refractivity contribution in [3.8, 4) is 0 Å². The van der Waals surface area contributed by atoms with Gasteiger partial charge >= 0.3 is 5.97 Å². The quantitative estimate of drug-likeness (QED) is 0.791. The zero-order valence-electron chi connectivity index (χ0n) is 9.57. The molecular formula is C12H19NO3. The van der Waals surface area contributed by atoms with E-state index in [4.69, 9.17) is 5.11 Å². The number of aliphatic carboxylic acids is 1. The summed E-state index contributed by atoms with van der Waals surface area (Å²) in [5.41, 5.74) is -0.112. The maximum Gasteiger partial charge on any atom is 0.303 e. The molecule has 16 heavy (non-hydrogen) atoms. The van der Waals surface area contributed by atoms with Gasteiger partial charge in [0.2, 0.25) is 5.91 Å². The second-order valence-electron chi connectivity index (χ2n) is 5.20. The zero-order chi connectivity index (χ0) is 11.6. The third-order valence-corrected chi connectivity index (χ3v) is 3.89. The van der Waals surface area contributed by atoms with Crippen molar-refractivity contribution in [2.24, 2.45) is 5.41 Å². The smallest absolute Gasteiger partial charge is 0.303 e. The van der Waals surface area contributed by atoms with Crippen LogP contribution in [0.1, 0.15) is 44.9 Å². The first-order valence-electron chi connectivity index (χ1n) is 6.11. The highest BCUT2D eigenvalue weighted by Gasteiger charge is 2.41. The first-order chi connectivity index (χ1) is 7.61. The molecule has 2 rings (SSSR count). The van der Waals surface area contributed by atoms with Crippen LogP contribution in [0.2, 0.25) is 0 Å².